The first-order valence-corrected chi connectivity index (χ1v) is 3.09. The molecule has 3 heteroatoms. The van der Waals surface area contributed by atoms with E-state index in [-0.39, 0.29) is 5.57 Å². The molecule has 0 aliphatic heterocycles. The number of carbonyl (C=O) groups is 1. The monoisotopic (exact) mass is 154 g/mol. The fourth-order valence-electron chi connectivity index (χ4n) is 0.333. The first-order valence-electron chi connectivity index (χ1n) is 3.09. The summed E-state index contributed by atoms with van der Waals surface area (Å²) in [6.07, 6.45) is 1.22. The molecule has 0 spiro atoms. The Morgan fingerprint density at radius 2 is 2.27 bits per heavy atom. The third-order valence-corrected chi connectivity index (χ3v) is 1.01. The number of rotatable bonds is 2. The summed E-state index contributed by atoms with van der Waals surface area (Å²) in [5.41, 5.74) is 0.00718. The van der Waals surface area contributed by atoms with E-state index in [1.807, 2.05) is 0 Å². The van der Waals surface area contributed by atoms with Crippen LogP contribution >= 0.6 is 0 Å². The van der Waals surface area contributed by atoms with Crippen molar-refractivity contribution in [2.24, 2.45) is 0 Å². The minimum Gasteiger partial charge on any atom is -0.388 e. The number of hydrogen-bond donors (Lipinski definition) is 1. The van der Waals surface area contributed by atoms with Crippen LogP contribution in [0, 0.1) is 12.0 Å². The van der Waals surface area contributed by atoms with E-state index in [0.717, 1.165) is 0 Å². The summed E-state index contributed by atoms with van der Waals surface area (Å²) in [7, 11) is 0. The van der Waals surface area contributed by atoms with Crippen molar-refractivity contribution in [3.05, 3.63) is 12.2 Å². The molecule has 0 fully saturated rings. The van der Waals surface area contributed by atoms with Gasteiger partial charge in [-0.3, -0.25) is 0 Å². The summed E-state index contributed by atoms with van der Waals surface area (Å²) in [5.74, 6) is 1.69. The second-order valence-corrected chi connectivity index (χ2v) is 1.94. The highest BCUT2D eigenvalue weighted by Gasteiger charge is 2.12. The number of ether oxygens (including phenoxy) is 1. The van der Waals surface area contributed by atoms with E-state index < -0.39 is 12.1 Å². The average Bonchev–Trinajstić information content (AvgIpc) is 1.98. The molecule has 3 nitrogen and oxygen atoms in total. The molecular weight excluding hydrogens is 144 g/mol. The fourth-order valence-corrected chi connectivity index (χ4v) is 0.333. The number of carbonyl (C=O) groups excluding carboxylic acids is 1. The minimum atomic E-state index is -0.888. The van der Waals surface area contributed by atoms with E-state index in [0.29, 0.717) is 0 Å². The van der Waals surface area contributed by atoms with Gasteiger partial charge < -0.3 is 9.84 Å². The second-order valence-electron chi connectivity index (χ2n) is 1.94. The zero-order valence-corrected chi connectivity index (χ0v) is 6.55. The lowest BCUT2D eigenvalue weighted by molar-refractivity contribution is -0.133. The van der Waals surface area contributed by atoms with Gasteiger partial charge in [0, 0.05) is 6.92 Å². The second kappa shape index (κ2) is 4.53. The van der Waals surface area contributed by atoms with Crippen LogP contribution in [0.4, 0.5) is 0 Å². The van der Waals surface area contributed by atoms with E-state index in [2.05, 4.69) is 23.3 Å². The maximum absolute atomic E-state index is 10.8. The van der Waals surface area contributed by atoms with Crippen LogP contribution in [0.1, 0.15) is 13.8 Å². The molecule has 1 N–H and O–H groups in total. The highest BCUT2D eigenvalue weighted by molar-refractivity contribution is 5.89. The van der Waals surface area contributed by atoms with E-state index in [1.54, 1.807) is 6.92 Å². The SMILES string of the molecule is C=C(C(=O)OC#CC)C(C)O. The Morgan fingerprint density at radius 1 is 1.73 bits per heavy atom. The first kappa shape index (κ1) is 9.73. The van der Waals surface area contributed by atoms with Crippen LogP contribution in [0.5, 0.6) is 0 Å². The van der Waals surface area contributed by atoms with Gasteiger partial charge in [0.2, 0.25) is 0 Å². The number of esters is 1. The maximum Gasteiger partial charge on any atom is 0.349 e. The van der Waals surface area contributed by atoms with Gasteiger partial charge in [0.05, 0.1) is 11.7 Å². The molecule has 0 aromatic rings. The predicted molar refractivity (Wildman–Crippen MR) is 40.4 cm³/mol. The summed E-state index contributed by atoms with van der Waals surface area (Å²) in [4.78, 5) is 10.8. The molecule has 0 radical (unpaired) electrons. The number of hydrogen-bond acceptors (Lipinski definition) is 3. The molecule has 11 heavy (non-hydrogen) atoms. The van der Waals surface area contributed by atoms with Crippen LogP contribution in [-0.4, -0.2) is 17.2 Å². The highest BCUT2D eigenvalue weighted by atomic mass is 16.5. The molecule has 0 amide bonds. The predicted octanol–water partition coefficient (Wildman–Crippen LogP) is 0.447. The standard InChI is InChI=1S/C8H10O3/c1-4-5-11-8(10)6(2)7(3)9/h7,9H,2H2,1,3H3. The van der Waals surface area contributed by atoms with Crippen molar-refractivity contribution >= 4 is 5.97 Å². The lowest BCUT2D eigenvalue weighted by Gasteiger charge is -2.02. The zero-order chi connectivity index (χ0) is 8.85. The summed E-state index contributed by atoms with van der Waals surface area (Å²) in [6, 6.07) is 0. The zero-order valence-electron chi connectivity index (χ0n) is 6.55. The van der Waals surface area contributed by atoms with Crippen molar-refractivity contribution in [2.75, 3.05) is 0 Å². The van der Waals surface area contributed by atoms with Crippen molar-refractivity contribution in [2.45, 2.75) is 20.0 Å². The third kappa shape index (κ3) is 3.43. The summed E-state index contributed by atoms with van der Waals surface area (Å²) >= 11 is 0. The smallest absolute Gasteiger partial charge is 0.349 e. The lowest BCUT2D eigenvalue weighted by atomic mass is 10.2. The molecule has 0 aromatic carbocycles. The van der Waals surface area contributed by atoms with E-state index in [4.69, 9.17) is 5.11 Å². The van der Waals surface area contributed by atoms with Gasteiger partial charge in [0.15, 0.2) is 0 Å². The van der Waals surface area contributed by atoms with Gasteiger partial charge >= 0.3 is 5.97 Å². The normalized spacial score (nSPS) is 10.8. The fraction of sp³-hybridized carbons (Fsp3) is 0.375. The Hall–Kier alpha value is -1.27. The molecule has 1 unspecified atom stereocenters. The van der Waals surface area contributed by atoms with E-state index in [1.165, 1.54) is 6.92 Å². The van der Waals surface area contributed by atoms with Gasteiger partial charge in [0.25, 0.3) is 0 Å². The van der Waals surface area contributed by atoms with Crippen LogP contribution in [-0.2, 0) is 9.53 Å². The van der Waals surface area contributed by atoms with Crippen molar-refractivity contribution < 1.29 is 14.6 Å². The van der Waals surface area contributed by atoms with Crippen molar-refractivity contribution in [1.29, 1.82) is 0 Å². The summed E-state index contributed by atoms with van der Waals surface area (Å²) < 4.78 is 4.35. The molecule has 0 heterocycles. The van der Waals surface area contributed by atoms with Crippen LogP contribution in [0.15, 0.2) is 12.2 Å². The number of aliphatic hydroxyl groups excluding tert-OH is 1. The maximum atomic E-state index is 10.8. The molecular formula is C8H10O3. The molecule has 0 aliphatic rings. The largest absolute Gasteiger partial charge is 0.388 e. The molecule has 60 valence electrons. The van der Waals surface area contributed by atoms with Crippen molar-refractivity contribution in [1.82, 2.24) is 0 Å². The van der Waals surface area contributed by atoms with E-state index >= 15 is 0 Å². The Balaban J connectivity index is 4.01. The lowest BCUT2D eigenvalue weighted by Crippen LogP contribution is -2.14. The van der Waals surface area contributed by atoms with Gasteiger partial charge in [-0.2, -0.15) is 0 Å². The Morgan fingerprint density at radius 3 is 2.64 bits per heavy atom. The van der Waals surface area contributed by atoms with Crippen LogP contribution in [0.3, 0.4) is 0 Å². The van der Waals surface area contributed by atoms with Crippen molar-refractivity contribution in [3.63, 3.8) is 0 Å². The van der Waals surface area contributed by atoms with Crippen molar-refractivity contribution in [3.8, 4) is 12.0 Å². The molecule has 0 aromatic heterocycles. The topological polar surface area (TPSA) is 46.5 Å². The Kier molecular flexibility index (Phi) is 4.01. The molecule has 0 saturated carbocycles. The van der Waals surface area contributed by atoms with Gasteiger partial charge in [-0.1, -0.05) is 12.5 Å². The van der Waals surface area contributed by atoms with Gasteiger partial charge in [-0.15, -0.1) is 0 Å². The van der Waals surface area contributed by atoms with Gasteiger partial charge in [-0.05, 0) is 6.92 Å². The molecule has 0 saturated heterocycles. The van der Waals surface area contributed by atoms with Crippen LogP contribution < -0.4 is 0 Å². The summed E-state index contributed by atoms with van der Waals surface area (Å²) in [5, 5.41) is 8.84. The van der Waals surface area contributed by atoms with Gasteiger partial charge in [-0.25, -0.2) is 4.79 Å². The molecule has 1 atom stereocenters. The molecule has 0 aliphatic carbocycles. The highest BCUT2D eigenvalue weighted by Crippen LogP contribution is 1.99. The Bertz CT molecular complexity index is 217. The Labute approximate surface area is 65.7 Å². The van der Waals surface area contributed by atoms with Crippen LogP contribution in [0.2, 0.25) is 0 Å². The van der Waals surface area contributed by atoms with Crippen LogP contribution in [0.25, 0.3) is 0 Å². The number of aliphatic hydroxyl groups is 1. The van der Waals surface area contributed by atoms with E-state index in [9.17, 15) is 4.79 Å². The van der Waals surface area contributed by atoms with Gasteiger partial charge in [0.1, 0.15) is 6.11 Å². The molecule has 0 bridgehead atoms. The molecule has 0 rings (SSSR count). The average molecular weight is 154 g/mol. The summed E-state index contributed by atoms with van der Waals surface area (Å²) in [6.45, 7) is 6.29. The quantitative estimate of drug-likeness (QED) is 0.357. The third-order valence-electron chi connectivity index (χ3n) is 1.01. The first-order chi connectivity index (χ1) is 5.09. The minimum absolute atomic E-state index is 0.00718.